The summed E-state index contributed by atoms with van der Waals surface area (Å²) in [5.41, 5.74) is 2.21. The summed E-state index contributed by atoms with van der Waals surface area (Å²) in [4.78, 5) is 29.2. The van der Waals surface area contributed by atoms with E-state index in [0.29, 0.717) is 22.1 Å². The minimum atomic E-state index is -0.467. The van der Waals surface area contributed by atoms with Crippen LogP contribution in [0.2, 0.25) is 0 Å². The molecule has 0 aliphatic heterocycles. The molecule has 1 aromatic rings. The first-order chi connectivity index (χ1) is 14.7. The molecule has 1 aromatic heterocycles. The third kappa shape index (κ3) is 8.25. The lowest BCUT2D eigenvalue weighted by Crippen LogP contribution is -2.25. The number of carbonyl (C=O) groups is 2. The standard InChI is InChI=1S/C24H33N3O3S/c1-15(2)22(31-19(6)25-18(5)28)14-17(4)21-13-12-16(3)23(26-21)27-24(29)30-20-10-8-7-9-11-20/h12-15,20H,4,6-11H2,1-3,5H3,(H,25,28)(H,26,27,29)/b22-14+. The number of aromatic nitrogens is 1. The van der Waals surface area contributed by atoms with Gasteiger partial charge in [-0.1, -0.05) is 51.3 Å². The number of nitrogens with zero attached hydrogens (tertiary/aromatic N) is 1. The second-order valence-corrected chi connectivity index (χ2v) is 9.25. The Morgan fingerprint density at radius 2 is 1.90 bits per heavy atom. The van der Waals surface area contributed by atoms with Gasteiger partial charge in [0.2, 0.25) is 5.91 Å². The van der Waals surface area contributed by atoms with Crippen molar-refractivity contribution in [2.24, 2.45) is 5.92 Å². The van der Waals surface area contributed by atoms with Gasteiger partial charge in [0.05, 0.1) is 10.7 Å². The Bertz CT molecular complexity index is 871. The lowest BCUT2D eigenvalue weighted by atomic mass is 9.98. The van der Waals surface area contributed by atoms with Gasteiger partial charge in [0.1, 0.15) is 11.9 Å². The second kappa shape index (κ2) is 11.7. The average molecular weight is 444 g/mol. The maximum absolute atomic E-state index is 12.3. The third-order valence-electron chi connectivity index (χ3n) is 4.91. The molecule has 1 heterocycles. The minimum absolute atomic E-state index is 0.0162. The molecule has 1 fully saturated rings. The van der Waals surface area contributed by atoms with Gasteiger partial charge < -0.3 is 10.1 Å². The maximum atomic E-state index is 12.3. The fourth-order valence-electron chi connectivity index (χ4n) is 3.22. The molecule has 7 heteroatoms. The molecule has 2 amide bonds. The zero-order valence-corrected chi connectivity index (χ0v) is 19.7. The van der Waals surface area contributed by atoms with Gasteiger partial charge in [-0.2, -0.15) is 0 Å². The number of allylic oxidation sites excluding steroid dienone is 3. The monoisotopic (exact) mass is 443 g/mol. The fourth-order valence-corrected chi connectivity index (χ4v) is 4.13. The van der Waals surface area contributed by atoms with Gasteiger partial charge in [0.15, 0.2) is 0 Å². The van der Waals surface area contributed by atoms with Gasteiger partial charge >= 0.3 is 6.09 Å². The highest BCUT2D eigenvalue weighted by Crippen LogP contribution is 2.31. The quantitative estimate of drug-likeness (QED) is 0.470. The number of ether oxygens (including phenoxy) is 1. The number of rotatable bonds is 8. The Morgan fingerprint density at radius 3 is 2.52 bits per heavy atom. The molecule has 0 saturated heterocycles. The Labute approximate surface area is 189 Å². The summed E-state index contributed by atoms with van der Waals surface area (Å²) >= 11 is 1.40. The van der Waals surface area contributed by atoms with Gasteiger partial charge in [-0.05, 0) is 66.7 Å². The number of thioether (sulfide) groups is 1. The van der Waals surface area contributed by atoms with Crippen LogP contribution < -0.4 is 10.6 Å². The van der Waals surface area contributed by atoms with E-state index in [0.717, 1.165) is 36.2 Å². The first-order valence-electron chi connectivity index (χ1n) is 10.7. The summed E-state index contributed by atoms with van der Waals surface area (Å²) in [7, 11) is 0. The van der Waals surface area contributed by atoms with E-state index in [4.69, 9.17) is 4.74 Å². The number of anilines is 1. The van der Waals surface area contributed by atoms with Crippen molar-refractivity contribution < 1.29 is 14.3 Å². The zero-order chi connectivity index (χ0) is 23.0. The van der Waals surface area contributed by atoms with E-state index >= 15 is 0 Å². The molecule has 0 atom stereocenters. The Morgan fingerprint density at radius 1 is 1.23 bits per heavy atom. The predicted octanol–water partition coefficient (Wildman–Crippen LogP) is 6.16. The SMILES string of the molecule is C=C(NC(C)=O)S/C(=C/C(=C)c1ccc(C)c(NC(=O)OC2CCCCC2)n1)C(C)C. The number of carbonyl (C=O) groups excluding carboxylic acids is 2. The van der Waals surface area contributed by atoms with Crippen LogP contribution in [-0.2, 0) is 9.53 Å². The summed E-state index contributed by atoms with van der Waals surface area (Å²) in [5.74, 6) is 0.519. The van der Waals surface area contributed by atoms with Crippen molar-refractivity contribution in [1.82, 2.24) is 10.3 Å². The van der Waals surface area contributed by atoms with Gasteiger partial charge in [-0.15, -0.1) is 0 Å². The number of hydrogen-bond acceptors (Lipinski definition) is 5. The van der Waals surface area contributed by atoms with E-state index in [1.54, 1.807) is 0 Å². The lowest BCUT2D eigenvalue weighted by Gasteiger charge is -2.22. The van der Waals surface area contributed by atoms with E-state index < -0.39 is 6.09 Å². The van der Waals surface area contributed by atoms with Gasteiger partial charge in [0, 0.05) is 6.92 Å². The van der Waals surface area contributed by atoms with Crippen molar-refractivity contribution in [3.63, 3.8) is 0 Å². The summed E-state index contributed by atoms with van der Waals surface area (Å²) in [6.45, 7) is 15.5. The van der Waals surface area contributed by atoms with Crippen molar-refractivity contribution in [1.29, 1.82) is 0 Å². The van der Waals surface area contributed by atoms with Crippen LogP contribution in [0.3, 0.4) is 0 Å². The minimum Gasteiger partial charge on any atom is -0.446 e. The first kappa shape index (κ1) is 24.7. The van der Waals surface area contributed by atoms with Crippen LogP contribution in [0, 0.1) is 12.8 Å². The molecule has 2 N–H and O–H groups in total. The molecule has 168 valence electrons. The molecule has 31 heavy (non-hydrogen) atoms. The Balaban J connectivity index is 2.11. The number of pyridine rings is 1. The van der Waals surface area contributed by atoms with Crippen molar-refractivity contribution >= 4 is 35.2 Å². The summed E-state index contributed by atoms with van der Waals surface area (Å²) < 4.78 is 5.55. The largest absolute Gasteiger partial charge is 0.446 e. The zero-order valence-electron chi connectivity index (χ0n) is 18.9. The molecule has 1 saturated carbocycles. The van der Waals surface area contributed by atoms with Crippen LogP contribution >= 0.6 is 11.8 Å². The molecule has 0 spiro atoms. The summed E-state index contributed by atoms with van der Waals surface area (Å²) in [6, 6.07) is 3.77. The van der Waals surface area contributed by atoms with E-state index in [1.807, 2.05) is 25.1 Å². The van der Waals surface area contributed by atoms with E-state index in [9.17, 15) is 9.59 Å². The molecule has 0 aromatic carbocycles. The average Bonchev–Trinajstić information content (AvgIpc) is 2.69. The normalized spacial score (nSPS) is 14.8. The van der Waals surface area contributed by atoms with Crippen LogP contribution in [-0.4, -0.2) is 23.1 Å². The Hall–Kier alpha value is -2.54. The van der Waals surface area contributed by atoms with Crippen molar-refractivity contribution in [3.05, 3.63) is 52.6 Å². The molecule has 2 rings (SSSR count). The van der Waals surface area contributed by atoms with Gasteiger partial charge in [-0.25, -0.2) is 9.78 Å². The van der Waals surface area contributed by atoms with E-state index in [1.165, 1.54) is 25.1 Å². The van der Waals surface area contributed by atoms with Crippen LogP contribution in [0.5, 0.6) is 0 Å². The van der Waals surface area contributed by atoms with Crippen LogP contribution in [0.4, 0.5) is 10.6 Å². The number of amides is 2. The highest BCUT2D eigenvalue weighted by atomic mass is 32.2. The Kier molecular flexibility index (Phi) is 9.37. The molecule has 0 unspecified atom stereocenters. The summed E-state index contributed by atoms with van der Waals surface area (Å²) in [5, 5.41) is 6.04. The highest BCUT2D eigenvalue weighted by molar-refractivity contribution is 8.06. The maximum Gasteiger partial charge on any atom is 0.413 e. The number of nitrogens with one attached hydrogen (secondary N) is 2. The van der Waals surface area contributed by atoms with Crippen LogP contribution in [0.15, 0.2) is 41.3 Å². The van der Waals surface area contributed by atoms with Crippen LogP contribution in [0.1, 0.15) is 64.1 Å². The number of aryl methyl sites for hydroxylation is 1. The first-order valence-corrected chi connectivity index (χ1v) is 11.5. The van der Waals surface area contributed by atoms with Gasteiger partial charge in [0.25, 0.3) is 0 Å². The van der Waals surface area contributed by atoms with Crippen molar-refractivity contribution in [2.45, 2.75) is 65.9 Å². The van der Waals surface area contributed by atoms with Crippen molar-refractivity contribution in [3.8, 4) is 0 Å². The van der Waals surface area contributed by atoms with Crippen molar-refractivity contribution in [2.75, 3.05) is 5.32 Å². The highest BCUT2D eigenvalue weighted by Gasteiger charge is 2.19. The van der Waals surface area contributed by atoms with Crippen LogP contribution in [0.25, 0.3) is 5.57 Å². The third-order valence-corrected chi connectivity index (χ3v) is 6.09. The predicted molar refractivity (Wildman–Crippen MR) is 128 cm³/mol. The molecule has 0 radical (unpaired) electrons. The molecule has 1 aliphatic carbocycles. The van der Waals surface area contributed by atoms with E-state index in [-0.39, 0.29) is 17.9 Å². The fraction of sp³-hybridized carbons (Fsp3) is 0.458. The van der Waals surface area contributed by atoms with E-state index in [2.05, 4.69) is 42.6 Å². The van der Waals surface area contributed by atoms with Gasteiger partial charge in [-0.3, -0.25) is 10.1 Å². The lowest BCUT2D eigenvalue weighted by molar-refractivity contribution is -0.118. The molecular weight excluding hydrogens is 410 g/mol. The summed E-state index contributed by atoms with van der Waals surface area (Å²) in [6.07, 6.45) is 6.69. The molecule has 0 bridgehead atoms. The molecule has 6 nitrogen and oxygen atoms in total. The topological polar surface area (TPSA) is 80.3 Å². The molecular formula is C24H33N3O3S. The second-order valence-electron chi connectivity index (χ2n) is 8.09. The number of hydrogen-bond donors (Lipinski definition) is 2. The smallest absolute Gasteiger partial charge is 0.413 e. The molecule has 1 aliphatic rings.